The average molecular weight is 245 g/mol. The summed E-state index contributed by atoms with van der Waals surface area (Å²) in [5.41, 5.74) is 4.12. The fourth-order valence-electron chi connectivity index (χ4n) is 2.21. The Morgan fingerprint density at radius 1 is 1.22 bits per heavy atom. The highest BCUT2D eigenvalue weighted by Crippen LogP contribution is 2.20. The van der Waals surface area contributed by atoms with Crippen LogP contribution in [0.5, 0.6) is 0 Å². The van der Waals surface area contributed by atoms with E-state index in [0.29, 0.717) is 0 Å². The average Bonchev–Trinajstić information content (AvgIpc) is 2.36. The van der Waals surface area contributed by atoms with Crippen molar-refractivity contribution in [2.45, 2.75) is 59.3 Å². The van der Waals surface area contributed by atoms with Gasteiger partial charge in [-0.15, -0.1) is 0 Å². The van der Waals surface area contributed by atoms with Crippen LogP contribution >= 0.6 is 0 Å². The second-order valence-corrected chi connectivity index (χ2v) is 4.79. The minimum atomic E-state index is 0.966. The molecule has 0 unspecified atom stereocenters. The van der Waals surface area contributed by atoms with Crippen molar-refractivity contribution in [3.63, 3.8) is 0 Å². The van der Waals surface area contributed by atoms with Crippen LogP contribution in [0.25, 0.3) is 0 Å². The molecule has 1 rings (SSSR count). The summed E-state index contributed by atoms with van der Waals surface area (Å²) < 4.78 is 0. The molecule has 100 valence electrons. The van der Waals surface area contributed by atoms with E-state index in [9.17, 15) is 0 Å². The van der Waals surface area contributed by atoms with Crippen LogP contribution in [0.2, 0.25) is 0 Å². The molecule has 0 atom stereocenters. The van der Waals surface area contributed by atoms with Gasteiger partial charge in [0.1, 0.15) is 0 Å². The van der Waals surface area contributed by atoms with Gasteiger partial charge in [0.05, 0.1) is 5.71 Å². The Hall–Kier alpha value is -1.11. The molecule has 0 aromatic rings. The van der Waals surface area contributed by atoms with E-state index < -0.39 is 0 Å². The monoisotopic (exact) mass is 245 g/mol. The lowest BCUT2D eigenvalue weighted by Crippen LogP contribution is -2.09. The van der Waals surface area contributed by atoms with Crippen LogP contribution in [0.3, 0.4) is 0 Å². The summed E-state index contributed by atoms with van der Waals surface area (Å²) in [6.07, 6.45) is 15.9. The first kappa shape index (κ1) is 14.9. The lowest BCUT2D eigenvalue weighted by atomic mass is 9.93. The number of allylic oxidation sites excluding steroid dienone is 6. The molecule has 0 saturated carbocycles. The van der Waals surface area contributed by atoms with E-state index in [1.54, 1.807) is 0 Å². The highest BCUT2D eigenvalue weighted by atomic mass is 14.7. The molecule has 1 nitrogen and oxygen atoms in total. The van der Waals surface area contributed by atoms with Gasteiger partial charge in [-0.05, 0) is 43.8 Å². The number of unbranched alkanes of at least 4 members (excludes halogenated alkanes) is 1. The Kier molecular flexibility index (Phi) is 7.40. The third kappa shape index (κ3) is 4.64. The largest absolute Gasteiger partial charge is 0.285 e. The molecule has 18 heavy (non-hydrogen) atoms. The van der Waals surface area contributed by atoms with Crippen molar-refractivity contribution < 1.29 is 0 Å². The SMILES string of the molecule is C/C=C1/C/C=C\C\C=C(CCC)/C1=N/CCCC. The quantitative estimate of drug-likeness (QED) is 0.463. The van der Waals surface area contributed by atoms with Crippen molar-refractivity contribution in [1.82, 2.24) is 0 Å². The molecule has 0 heterocycles. The minimum Gasteiger partial charge on any atom is -0.285 e. The number of hydrogen-bond donors (Lipinski definition) is 0. The summed E-state index contributed by atoms with van der Waals surface area (Å²) in [6, 6.07) is 0. The minimum absolute atomic E-state index is 0.966. The van der Waals surface area contributed by atoms with Crippen LogP contribution in [0, 0.1) is 0 Å². The zero-order chi connectivity index (χ0) is 13.2. The number of rotatable bonds is 5. The lowest BCUT2D eigenvalue weighted by Gasteiger charge is -2.15. The van der Waals surface area contributed by atoms with E-state index in [4.69, 9.17) is 4.99 Å². The van der Waals surface area contributed by atoms with E-state index in [1.807, 2.05) is 0 Å². The molecule has 0 spiro atoms. The standard InChI is InChI=1S/C17H27N/c1-4-7-14-18-17-15(6-3)12-9-8-10-13-16(17)11-5-2/h6,8-9,13H,4-5,7,10-12,14H2,1-3H3/b9-8-,15-6-,16-13-,18-17+. The summed E-state index contributed by atoms with van der Waals surface area (Å²) in [6.45, 7) is 7.56. The number of hydrogen-bond acceptors (Lipinski definition) is 1. The third-order valence-corrected chi connectivity index (χ3v) is 3.26. The third-order valence-electron chi connectivity index (χ3n) is 3.26. The van der Waals surface area contributed by atoms with Gasteiger partial charge in [-0.2, -0.15) is 0 Å². The molecule has 0 amide bonds. The first-order valence-corrected chi connectivity index (χ1v) is 7.37. The first-order valence-electron chi connectivity index (χ1n) is 7.37. The van der Waals surface area contributed by atoms with Gasteiger partial charge in [0.25, 0.3) is 0 Å². The molecule has 0 fully saturated rings. The predicted octanol–water partition coefficient (Wildman–Crippen LogP) is 5.25. The van der Waals surface area contributed by atoms with Crippen LogP contribution in [0.4, 0.5) is 0 Å². The van der Waals surface area contributed by atoms with Crippen LogP contribution in [-0.4, -0.2) is 12.3 Å². The van der Waals surface area contributed by atoms with Crippen molar-refractivity contribution in [2.75, 3.05) is 6.54 Å². The highest BCUT2D eigenvalue weighted by molar-refractivity contribution is 6.12. The molecule has 0 aliphatic heterocycles. The Balaban J connectivity index is 2.97. The van der Waals surface area contributed by atoms with Gasteiger partial charge in [0.15, 0.2) is 0 Å². The molecule has 0 aromatic heterocycles. The van der Waals surface area contributed by atoms with Gasteiger partial charge in [-0.3, -0.25) is 4.99 Å². The van der Waals surface area contributed by atoms with Crippen molar-refractivity contribution in [3.05, 3.63) is 35.5 Å². The maximum Gasteiger partial charge on any atom is 0.0634 e. The molecule has 0 radical (unpaired) electrons. The molecule has 0 N–H and O–H groups in total. The molecule has 0 bridgehead atoms. The summed E-state index contributed by atoms with van der Waals surface area (Å²) in [7, 11) is 0. The molecule has 1 aliphatic carbocycles. The molecule has 1 heteroatoms. The second-order valence-electron chi connectivity index (χ2n) is 4.79. The molecule has 0 aromatic carbocycles. The van der Waals surface area contributed by atoms with Gasteiger partial charge in [0, 0.05) is 6.54 Å². The smallest absolute Gasteiger partial charge is 0.0634 e. The van der Waals surface area contributed by atoms with Crippen molar-refractivity contribution in [3.8, 4) is 0 Å². The maximum atomic E-state index is 4.87. The summed E-state index contributed by atoms with van der Waals surface area (Å²) >= 11 is 0. The summed E-state index contributed by atoms with van der Waals surface area (Å²) in [4.78, 5) is 4.87. The van der Waals surface area contributed by atoms with Crippen LogP contribution in [0.15, 0.2) is 40.4 Å². The van der Waals surface area contributed by atoms with Crippen LogP contribution in [-0.2, 0) is 0 Å². The Bertz CT molecular complexity index is 356. The number of nitrogens with zero attached hydrogens (tertiary/aromatic N) is 1. The van der Waals surface area contributed by atoms with Crippen molar-refractivity contribution >= 4 is 5.71 Å². The molecule has 0 saturated heterocycles. The van der Waals surface area contributed by atoms with E-state index in [2.05, 4.69) is 45.1 Å². The summed E-state index contributed by atoms with van der Waals surface area (Å²) in [5.74, 6) is 0. The lowest BCUT2D eigenvalue weighted by molar-refractivity contribution is 0.805. The van der Waals surface area contributed by atoms with Crippen LogP contribution in [0.1, 0.15) is 59.3 Å². The van der Waals surface area contributed by atoms with Gasteiger partial charge in [-0.1, -0.05) is 51.0 Å². The van der Waals surface area contributed by atoms with Crippen molar-refractivity contribution in [2.24, 2.45) is 4.99 Å². The second kappa shape index (κ2) is 8.91. The van der Waals surface area contributed by atoms with Gasteiger partial charge in [0.2, 0.25) is 0 Å². The maximum absolute atomic E-state index is 4.87. The van der Waals surface area contributed by atoms with Crippen LogP contribution < -0.4 is 0 Å². The molecular formula is C17H27N. The zero-order valence-electron chi connectivity index (χ0n) is 12.2. The van der Waals surface area contributed by atoms with E-state index in [-0.39, 0.29) is 0 Å². The van der Waals surface area contributed by atoms with E-state index in [0.717, 1.165) is 25.8 Å². The van der Waals surface area contributed by atoms with Gasteiger partial charge >= 0.3 is 0 Å². The number of aliphatic imine (C=N–C) groups is 1. The zero-order valence-corrected chi connectivity index (χ0v) is 12.2. The topological polar surface area (TPSA) is 12.4 Å². The predicted molar refractivity (Wildman–Crippen MR) is 82.3 cm³/mol. The van der Waals surface area contributed by atoms with Gasteiger partial charge < -0.3 is 0 Å². The Labute approximate surface area is 112 Å². The molecular weight excluding hydrogens is 218 g/mol. The van der Waals surface area contributed by atoms with E-state index >= 15 is 0 Å². The Morgan fingerprint density at radius 3 is 2.72 bits per heavy atom. The Morgan fingerprint density at radius 2 is 2.06 bits per heavy atom. The van der Waals surface area contributed by atoms with E-state index in [1.165, 1.54) is 36.1 Å². The normalized spacial score (nSPS) is 25.6. The fourth-order valence-corrected chi connectivity index (χ4v) is 2.21. The van der Waals surface area contributed by atoms with Crippen molar-refractivity contribution in [1.29, 1.82) is 0 Å². The highest BCUT2D eigenvalue weighted by Gasteiger charge is 2.11. The fraction of sp³-hybridized carbons (Fsp3) is 0.588. The first-order chi connectivity index (χ1) is 8.83. The molecule has 1 aliphatic rings. The summed E-state index contributed by atoms with van der Waals surface area (Å²) in [5, 5.41) is 0. The van der Waals surface area contributed by atoms with Gasteiger partial charge in [-0.25, -0.2) is 0 Å².